The minimum atomic E-state index is 0.325. The first-order chi connectivity index (χ1) is 19.2. The average Bonchev–Trinajstić information content (AvgIpc) is 3.29. The number of fused-ring (bicyclic) bond motifs is 6. The fourth-order valence-corrected chi connectivity index (χ4v) is 10.8. The topological polar surface area (TPSA) is 25.4 Å². The van der Waals surface area contributed by atoms with Gasteiger partial charge in [-0.3, -0.25) is 9.88 Å². The molecule has 5 aliphatic rings. The average molecular weight is 541 g/mol. The maximum absolute atomic E-state index is 6.01. The van der Waals surface area contributed by atoms with Crippen LogP contribution in [0.4, 0.5) is 0 Å². The Morgan fingerprint density at radius 3 is 2.73 bits per heavy atom. The molecule has 2 heterocycles. The Morgan fingerprint density at radius 1 is 1.00 bits per heavy atom. The molecule has 1 aromatic heterocycles. The lowest BCUT2D eigenvalue weighted by atomic mass is 9.44. The SMILES string of the molecule is CC(C)(C)CC1COCCN1[C@H]1CC[C@@]2(C)[C@@H](CC[C@@H]3[C@@H]2CC[C@]2(C)C(c4ccc5ccncc5c4)=CC[C@@H]32)C1. The summed E-state index contributed by atoms with van der Waals surface area (Å²) in [6, 6.07) is 10.6. The van der Waals surface area contributed by atoms with Crippen molar-refractivity contribution in [2.75, 3.05) is 19.8 Å². The maximum atomic E-state index is 6.01. The molecule has 40 heavy (non-hydrogen) atoms. The molecule has 4 aliphatic carbocycles. The number of allylic oxidation sites excluding steroid dienone is 2. The van der Waals surface area contributed by atoms with E-state index in [1.165, 1.54) is 74.1 Å². The Kier molecular flexibility index (Phi) is 6.74. The Labute approximate surface area is 243 Å². The summed E-state index contributed by atoms with van der Waals surface area (Å²) in [6.45, 7) is 15.6. The van der Waals surface area contributed by atoms with Crippen molar-refractivity contribution in [1.82, 2.24) is 9.88 Å². The van der Waals surface area contributed by atoms with Gasteiger partial charge >= 0.3 is 0 Å². The summed E-state index contributed by atoms with van der Waals surface area (Å²) in [6.07, 6.45) is 19.1. The Hall–Kier alpha value is -1.71. The number of rotatable bonds is 3. The molecule has 0 bridgehead atoms. The number of morpholine rings is 1. The van der Waals surface area contributed by atoms with E-state index in [-0.39, 0.29) is 0 Å². The lowest BCUT2D eigenvalue weighted by molar-refractivity contribution is -0.122. The summed E-state index contributed by atoms with van der Waals surface area (Å²) < 4.78 is 6.01. The highest BCUT2D eigenvalue weighted by molar-refractivity contribution is 5.86. The lowest BCUT2D eigenvalue weighted by Crippen LogP contribution is -2.58. The minimum absolute atomic E-state index is 0.325. The third-order valence-electron chi connectivity index (χ3n) is 12.8. The molecule has 1 saturated heterocycles. The van der Waals surface area contributed by atoms with Crippen LogP contribution in [0.3, 0.4) is 0 Å². The van der Waals surface area contributed by atoms with Crippen molar-refractivity contribution < 1.29 is 4.74 Å². The summed E-state index contributed by atoms with van der Waals surface area (Å²) in [7, 11) is 0. The number of aromatic nitrogens is 1. The van der Waals surface area contributed by atoms with Crippen molar-refractivity contribution >= 4 is 16.3 Å². The van der Waals surface area contributed by atoms with Crippen molar-refractivity contribution in [2.45, 2.75) is 104 Å². The summed E-state index contributed by atoms with van der Waals surface area (Å²) >= 11 is 0. The fourth-order valence-electron chi connectivity index (χ4n) is 10.8. The molecule has 216 valence electrons. The van der Waals surface area contributed by atoms with Crippen LogP contribution in [0.25, 0.3) is 16.3 Å². The molecule has 4 fully saturated rings. The standard InChI is InChI=1S/C37H52N2O/c1-35(2,3)22-30-24-40-19-18-39(30)29-12-15-36(4)28(21-29)8-9-31-33-11-10-32(37(33,5)16-13-34(31)36)26-7-6-25-14-17-38-23-27(25)20-26/h6-7,10,14,17,20,23,28-31,33-34H,8-9,11-13,15-16,18-19,21-22,24H2,1-5H3/t28-,29-,30?,31-,33-,34-,36-,37+/m0/s1. The maximum Gasteiger partial charge on any atom is 0.0622 e. The van der Waals surface area contributed by atoms with Gasteiger partial charge in [0.25, 0.3) is 0 Å². The summed E-state index contributed by atoms with van der Waals surface area (Å²) in [4.78, 5) is 7.31. The molecule has 0 radical (unpaired) electrons. The first-order valence-corrected chi connectivity index (χ1v) is 16.5. The predicted molar refractivity (Wildman–Crippen MR) is 166 cm³/mol. The number of nitrogens with zero attached hydrogens (tertiary/aromatic N) is 2. The summed E-state index contributed by atoms with van der Waals surface area (Å²) in [5.74, 6) is 3.52. The minimum Gasteiger partial charge on any atom is -0.378 e. The van der Waals surface area contributed by atoms with E-state index in [1.807, 2.05) is 12.4 Å². The second-order valence-electron chi connectivity index (χ2n) is 16.1. The Morgan fingerprint density at radius 2 is 1.88 bits per heavy atom. The molecular formula is C37H52N2O. The van der Waals surface area contributed by atoms with E-state index < -0.39 is 0 Å². The van der Waals surface area contributed by atoms with E-state index in [9.17, 15) is 0 Å². The molecule has 0 N–H and O–H groups in total. The lowest BCUT2D eigenvalue weighted by Gasteiger charge is -2.62. The fraction of sp³-hybridized carbons (Fsp3) is 0.703. The van der Waals surface area contributed by atoms with Crippen LogP contribution in [0.5, 0.6) is 0 Å². The molecule has 1 unspecified atom stereocenters. The van der Waals surface area contributed by atoms with Crippen LogP contribution in [0.15, 0.2) is 42.7 Å². The van der Waals surface area contributed by atoms with E-state index in [2.05, 4.69) is 74.8 Å². The van der Waals surface area contributed by atoms with Gasteiger partial charge in [0.2, 0.25) is 0 Å². The molecule has 0 spiro atoms. The molecular weight excluding hydrogens is 488 g/mol. The molecule has 0 amide bonds. The number of pyridine rings is 1. The smallest absolute Gasteiger partial charge is 0.0622 e. The summed E-state index contributed by atoms with van der Waals surface area (Å²) in [5, 5.41) is 2.57. The van der Waals surface area contributed by atoms with Gasteiger partial charge in [-0.25, -0.2) is 0 Å². The predicted octanol–water partition coefficient (Wildman–Crippen LogP) is 8.78. The van der Waals surface area contributed by atoms with Crippen LogP contribution in [0.2, 0.25) is 0 Å². The monoisotopic (exact) mass is 540 g/mol. The van der Waals surface area contributed by atoms with Gasteiger partial charge in [-0.05, 0) is 126 Å². The number of ether oxygens (including phenoxy) is 1. The Bertz CT molecular complexity index is 1280. The van der Waals surface area contributed by atoms with Crippen LogP contribution in [0.1, 0.15) is 98.0 Å². The highest BCUT2D eigenvalue weighted by Crippen LogP contribution is 2.67. The van der Waals surface area contributed by atoms with Gasteiger partial charge in [0, 0.05) is 36.4 Å². The van der Waals surface area contributed by atoms with Crippen molar-refractivity contribution in [3.05, 3.63) is 48.3 Å². The highest BCUT2D eigenvalue weighted by Gasteiger charge is 2.59. The van der Waals surface area contributed by atoms with E-state index in [0.29, 0.717) is 22.3 Å². The Balaban J connectivity index is 1.08. The van der Waals surface area contributed by atoms with Crippen LogP contribution in [0, 0.1) is 39.9 Å². The van der Waals surface area contributed by atoms with Gasteiger partial charge in [0.05, 0.1) is 13.2 Å². The highest BCUT2D eigenvalue weighted by atomic mass is 16.5. The van der Waals surface area contributed by atoms with Gasteiger partial charge in [0.1, 0.15) is 0 Å². The van der Waals surface area contributed by atoms with Gasteiger partial charge in [0.15, 0.2) is 0 Å². The molecule has 8 atom stereocenters. The van der Waals surface area contributed by atoms with Crippen LogP contribution < -0.4 is 0 Å². The largest absolute Gasteiger partial charge is 0.378 e. The molecule has 3 heteroatoms. The number of hydrogen-bond acceptors (Lipinski definition) is 3. The first-order valence-electron chi connectivity index (χ1n) is 16.5. The zero-order valence-corrected chi connectivity index (χ0v) is 25.8. The molecule has 1 aliphatic heterocycles. The van der Waals surface area contributed by atoms with Gasteiger partial charge in [-0.2, -0.15) is 0 Å². The third kappa shape index (κ3) is 4.49. The molecule has 3 nitrogen and oxygen atoms in total. The molecule has 7 rings (SSSR count). The van der Waals surface area contributed by atoms with Crippen molar-refractivity contribution in [3.8, 4) is 0 Å². The zero-order chi connectivity index (χ0) is 27.7. The molecule has 3 saturated carbocycles. The van der Waals surface area contributed by atoms with Crippen LogP contribution >= 0.6 is 0 Å². The van der Waals surface area contributed by atoms with E-state index in [4.69, 9.17) is 4.74 Å². The zero-order valence-electron chi connectivity index (χ0n) is 25.8. The van der Waals surface area contributed by atoms with Crippen molar-refractivity contribution in [3.63, 3.8) is 0 Å². The van der Waals surface area contributed by atoms with E-state index >= 15 is 0 Å². The summed E-state index contributed by atoms with van der Waals surface area (Å²) in [5.41, 5.74) is 4.29. The van der Waals surface area contributed by atoms with Gasteiger partial charge in [-0.15, -0.1) is 0 Å². The van der Waals surface area contributed by atoms with E-state index in [0.717, 1.165) is 49.5 Å². The van der Waals surface area contributed by atoms with Gasteiger partial charge < -0.3 is 4.74 Å². The molecule has 1 aromatic carbocycles. The normalized spacial score (nSPS) is 40.3. The van der Waals surface area contributed by atoms with Crippen molar-refractivity contribution in [2.24, 2.45) is 39.9 Å². The van der Waals surface area contributed by atoms with Crippen LogP contribution in [-0.4, -0.2) is 41.7 Å². The van der Waals surface area contributed by atoms with Crippen LogP contribution in [-0.2, 0) is 4.74 Å². The molecule has 2 aromatic rings. The first kappa shape index (κ1) is 27.1. The second-order valence-corrected chi connectivity index (χ2v) is 16.1. The van der Waals surface area contributed by atoms with Crippen molar-refractivity contribution in [1.29, 1.82) is 0 Å². The van der Waals surface area contributed by atoms with Gasteiger partial charge in [-0.1, -0.05) is 52.8 Å². The van der Waals surface area contributed by atoms with E-state index in [1.54, 1.807) is 5.57 Å². The number of benzene rings is 1. The quantitative estimate of drug-likeness (QED) is 0.389. The third-order valence-corrected chi connectivity index (χ3v) is 12.8. The second kappa shape index (κ2) is 9.94. The number of hydrogen-bond donors (Lipinski definition) is 0.